The molecule has 0 bridgehead atoms. The molecule has 1 amide bonds. The largest absolute Gasteiger partial charge is 0.450 e. The van der Waals surface area contributed by atoms with Crippen LogP contribution >= 0.6 is 12.4 Å². The zero-order valence-electron chi connectivity index (χ0n) is 14.6. The Morgan fingerprint density at radius 2 is 1.72 bits per heavy atom. The summed E-state index contributed by atoms with van der Waals surface area (Å²) in [7, 11) is 0. The van der Waals surface area contributed by atoms with Crippen molar-refractivity contribution in [2.45, 2.75) is 26.8 Å². The minimum atomic E-state index is -0.247. The molecule has 1 heterocycles. The molecule has 1 atom stereocenters. The van der Waals surface area contributed by atoms with Crippen LogP contribution < -0.4 is 11.1 Å². The van der Waals surface area contributed by atoms with Crippen LogP contribution in [0.5, 0.6) is 0 Å². The lowest BCUT2D eigenvalue weighted by Crippen LogP contribution is -2.32. The number of amides is 1. The topological polar surface area (TPSA) is 68.3 Å². The zero-order valence-corrected chi connectivity index (χ0v) is 15.4. The Kier molecular flexibility index (Phi) is 5.88. The molecule has 3 N–H and O–H groups in total. The minimum absolute atomic E-state index is 0. The number of hydrogen-bond donors (Lipinski definition) is 2. The van der Waals surface area contributed by atoms with E-state index in [-0.39, 0.29) is 24.4 Å². The molecule has 0 aliphatic carbocycles. The summed E-state index contributed by atoms with van der Waals surface area (Å²) in [5, 5.41) is 3.90. The van der Waals surface area contributed by atoms with E-state index in [4.69, 9.17) is 10.2 Å². The highest BCUT2D eigenvalue weighted by atomic mass is 35.5. The highest BCUT2D eigenvalue weighted by Gasteiger charge is 2.20. The zero-order chi connectivity index (χ0) is 17.3. The minimum Gasteiger partial charge on any atom is -0.450 e. The van der Waals surface area contributed by atoms with Crippen LogP contribution in [-0.2, 0) is 0 Å². The van der Waals surface area contributed by atoms with E-state index >= 15 is 0 Å². The highest BCUT2D eigenvalue weighted by Crippen LogP contribution is 2.30. The van der Waals surface area contributed by atoms with E-state index in [2.05, 4.69) is 5.32 Å². The van der Waals surface area contributed by atoms with E-state index in [1.165, 1.54) is 0 Å². The number of aryl methyl sites for hydroxylation is 3. The van der Waals surface area contributed by atoms with Gasteiger partial charge < -0.3 is 15.5 Å². The van der Waals surface area contributed by atoms with Crippen LogP contribution in [0.25, 0.3) is 11.0 Å². The summed E-state index contributed by atoms with van der Waals surface area (Å²) >= 11 is 0. The Bertz CT molecular complexity index is 888. The third-order valence-corrected chi connectivity index (χ3v) is 4.40. The molecule has 25 heavy (non-hydrogen) atoms. The molecule has 0 fully saturated rings. The third kappa shape index (κ3) is 3.70. The summed E-state index contributed by atoms with van der Waals surface area (Å²) in [5.74, 6) is 0.136. The predicted molar refractivity (Wildman–Crippen MR) is 103 cm³/mol. The van der Waals surface area contributed by atoms with Crippen LogP contribution in [0.1, 0.15) is 38.9 Å². The first-order chi connectivity index (χ1) is 11.5. The number of benzene rings is 2. The van der Waals surface area contributed by atoms with Crippen LogP contribution in [0.15, 0.2) is 46.9 Å². The van der Waals surface area contributed by atoms with Crippen molar-refractivity contribution in [3.8, 4) is 0 Å². The van der Waals surface area contributed by atoms with Crippen molar-refractivity contribution in [3.05, 3.63) is 70.5 Å². The Labute approximate surface area is 153 Å². The second-order valence-electron chi connectivity index (χ2n) is 6.19. The van der Waals surface area contributed by atoms with Gasteiger partial charge in [0.25, 0.3) is 5.91 Å². The maximum absolute atomic E-state index is 12.5. The Morgan fingerprint density at radius 3 is 2.36 bits per heavy atom. The fraction of sp³-hybridized carbons (Fsp3) is 0.250. The van der Waals surface area contributed by atoms with E-state index in [1.807, 2.05) is 63.2 Å². The second kappa shape index (κ2) is 7.72. The van der Waals surface area contributed by atoms with Gasteiger partial charge >= 0.3 is 0 Å². The second-order valence-corrected chi connectivity index (χ2v) is 6.19. The van der Waals surface area contributed by atoms with Crippen LogP contribution in [0.4, 0.5) is 0 Å². The quantitative estimate of drug-likeness (QED) is 0.734. The van der Waals surface area contributed by atoms with Crippen LogP contribution in [0.3, 0.4) is 0 Å². The lowest BCUT2D eigenvalue weighted by Gasteiger charge is -2.12. The van der Waals surface area contributed by atoms with Crippen molar-refractivity contribution < 1.29 is 9.21 Å². The first-order valence-electron chi connectivity index (χ1n) is 8.07. The first-order valence-corrected chi connectivity index (χ1v) is 8.07. The summed E-state index contributed by atoms with van der Waals surface area (Å²) < 4.78 is 5.86. The predicted octanol–water partition coefficient (Wildman–Crippen LogP) is 4.21. The molecule has 0 saturated carbocycles. The number of halogens is 1. The van der Waals surface area contributed by atoms with Crippen molar-refractivity contribution in [2.24, 2.45) is 5.73 Å². The number of rotatable bonds is 4. The molecule has 3 rings (SSSR count). The first kappa shape index (κ1) is 19.0. The molecule has 3 aromatic rings. The Hall–Kier alpha value is -2.30. The molecule has 5 heteroatoms. The van der Waals surface area contributed by atoms with Gasteiger partial charge in [-0.15, -0.1) is 12.4 Å². The Balaban J connectivity index is 0.00000225. The lowest BCUT2D eigenvalue weighted by molar-refractivity contribution is 0.0925. The van der Waals surface area contributed by atoms with Crippen molar-refractivity contribution >= 4 is 29.3 Å². The number of furan rings is 1. The van der Waals surface area contributed by atoms with Crippen LogP contribution in [0, 0.1) is 20.8 Å². The molecule has 4 nitrogen and oxygen atoms in total. The van der Waals surface area contributed by atoms with Gasteiger partial charge in [-0.1, -0.05) is 42.5 Å². The van der Waals surface area contributed by atoms with Gasteiger partial charge in [0.15, 0.2) is 5.76 Å². The fourth-order valence-electron chi connectivity index (χ4n) is 2.99. The van der Waals surface area contributed by atoms with Crippen molar-refractivity contribution in [3.63, 3.8) is 0 Å². The number of nitrogens with two attached hydrogens (primary N) is 1. The average Bonchev–Trinajstić information content (AvgIpc) is 2.95. The number of carbonyl (C=O) groups excluding carboxylic acids is 1. The molecular formula is C20H23ClN2O2. The smallest absolute Gasteiger partial charge is 0.287 e. The number of fused-ring (bicyclic) bond motifs is 1. The van der Waals surface area contributed by atoms with Crippen molar-refractivity contribution in [2.75, 3.05) is 6.54 Å². The normalized spacial score (nSPS) is 11.8. The number of nitrogens with one attached hydrogen (secondary N) is 1. The van der Waals surface area contributed by atoms with E-state index < -0.39 is 0 Å². The third-order valence-electron chi connectivity index (χ3n) is 4.40. The SMILES string of the molecule is Cc1ccc(C)c2c(C)c(C(=O)NCC(N)c3ccccc3)oc12.Cl. The summed E-state index contributed by atoms with van der Waals surface area (Å²) in [6, 6.07) is 13.5. The molecule has 0 aliphatic heterocycles. The molecule has 0 saturated heterocycles. The number of hydrogen-bond acceptors (Lipinski definition) is 3. The molecular weight excluding hydrogens is 336 g/mol. The van der Waals surface area contributed by atoms with Gasteiger partial charge in [-0.25, -0.2) is 0 Å². The molecule has 0 aliphatic rings. The van der Waals surface area contributed by atoms with Gasteiger partial charge in [-0.3, -0.25) is 4.79 Å². The summed E-state index contributed by atoms with van der Waals surface area (Å²) in [6.07, 6.45) is 0. The van der Waals surface area contributed by atoms with Gasteiger partial charge in [-0.2, -0.15) is 0 Å². The van der Waals surface area contributed by atoms with Gasteiger partial charge in [0.1, 0.15) is 5.58 Å². The molecule has 1 aromatic heterocycles. The van der Waals surface area contributed by atoms with Gasteiger partial charge in [0.2, 0.25) is 0 Å². The molecule has 132 valence electrons. The molecule has 1 unspecified atom stereocenters. The standard InChI is InChI=1S/C20H22N2O2.ClH/c1-12-9-10-13(2)18-17(12)14(3)19(24-18)20(23)22-11-16(21)15-7-5-4-6-8-15;/h4-10,16H,11,21H2,1-3H3,(H,22,23);1H. The van der Waals surface area contributed by atoms with Crippen LogP contribution in [-0.4, -0.2) is 12.5 Å². The highest BCUT2D eigenvalue weighted by molar-refractivity contribution is 6.00. The van der Waals surface area contributed by atoms with Gasteiger partial charge in [-0.05, 0) is 37.5 Å². The van der Waals surface area contributed by atoms with Crippen molar-refractivity contribution in [1.29, 1.82) is 0 Å². The summed E-state index contributed by atoms with van der Waals surface area (Å²) in [5.41, 5.74) is 10.9. The molecule has 0 spiro atoms. The van der Waals surface area contributed by atoms with Crippen molar-refractivity contribution in [1.82, 2.24) is 5.32 Å². The number of carbonyl (C=O) groups is 1. The average molecular weight is 359 g/mol. The maximum atomic E-state index is 12.5. The van der Waals surface area contributed by atoms with Crippen LogP contribution in [0.2, 0.25) is 0 Å². The van der Waals surface area contributed by atoms with E-state index in [0.717, 1.165) is 33.2 Å². The van der Waals surface area contributed by atoms with E-state index in [1.54, 1.807) is 0 Å². The van der Waals surface area contributed by atoms with E-state index in [9.17, 15) is 4.79 Å². The molecule has 2 aromatic carbocycles. The summed E-state index contributed by atoms with van der Waals surface area (Å²) in [6.45, 7) is 6.29. The maximum Gasteiger partial charge on any atom is 0.287 e. The summed E-state index contributed by atoms with van der Waals surface area (Å²) in [4.78, 5) is 12.5. The monoisotopic (exact) mass is 358 g/mol. The van der Waals surface area contributed by atoms with Gasteiger partial charge in [0.05, 0.1) is 0 Å². The fourth-order valence-corrected chi connectivity index (χ4v) is 2.99. The van der Waals surface area contributed by atoms with E-state index in [0.29, 0.717) is 12.3 Å². The lowest BCUT2D eigenvalue weighted by atomic mass is 10.0. The molecule has 0 radical (unpaired) electrons. The van der Waals surface area contributed by atoms with Gasteiger partial charge in [0, 0.05) is 23.5 Å². The Morgan fingerprint density at radius 1 is 1.08 bits per heavy atom.